The van der Waals surface area contributed by atoms with Gasteiger partial charge in [-0.3, -0.25) is 4.79 Å². The van der Waals surface area contributed by atoms with Gasteiger partial charge in [0.1, 0.15) is 0 Å². The van der Waals surface area contributed by atoms with Crippen molar-refractivity contribution in [2.45, 2.75) is 32.7 Å². The maximum Gasteiger partial charge on any atom is 0.227 e. The van der Waals surface area contributed by atoms with E-state index in [1.165, 1.54) is 5.56 Å². The summed E-state index contributed by atoms with van der Waals surface area (Å²) in [6, 6.07) is 18.0. The molecule has 0 aliphatic rings. The normalized spacial score (nSPS) is 10.9. The Morgan fingerprint density at radius 2 is 1.84 bits per heavy atom. The number of benzene rings is 2. The molecule has 2 aromatic heterocycles. The van der Waals surface area contributed by atoms with Crippen LogP contribution in [0.2, 0.25) is 0 Å². The van der Waals surface area contributed by atoms with E-state index < -0.39 is 0 Å². The monoisotopic (exact) mass is 415 g/mol. The van der Waals surface area contributed by atoms with Crippen molar-refractivity contribution in [1.29, 1.82) is 0 Å². The predicted molar refractivity (Wildman–Crippen MR) is 117 cm³/mol. The van der Waals surface area contributed by atoms with Gasteiger partial charge in [-0.05, 0) is 24.1 Å². The molecule has 0 aliphatic heterocycles. The number of aryl methyl sites for hydroxylation is 2. The van der Waals surface area contributed by atoms with Crippen molar-refractivity contribution in [2.75, 3.05) is 7.05 Å². The molecule has 31 heavy (non-hydrogen) atoms. The summed E-state index contributed by atoms with van der Waals surface area (Å²) < 4.78 is 7.14. The zero-order chi connectivity index (χ0) is 21.6. The van der Waals surface area contributed by atoms with Crippen molar-refractivity contribution >= 4 is 5.91 Å². The van der Waals surface area contributed by atoms with Crippen LogP contribution in [-0.4, -0.2) is 37.8 Å². The van der Waals surface area contributed by atoms with E-state index in [0.29, 0.717) is 31.1 Å². The SMILES string of the molecule is CCc1ccc(-c2noc(CCC(=O)N(C)Cc3cnn(-c4ccccc4)c3)n2)cc1. The van der Waals surface area contributed by atoms with Gasteiger partial charge < -0.3 is 9.42 Å². The second-order valence-electron chi connectivity index (χ2n) is 7.44. The van der Waals surface area contributed by atoms with E-state index in [4.69, 9.17) is 4.52 Å². The molecule has 0 bridgehead atoms. The molecule has 4 rings (SSSR count). The molecule has 0 fully saturated rings. The molecule has 0 radical (unpaired) electrons. The second-order valence-corrected chi connectivity index (χ2v) is 7.44. The molecular weight excluding hydrogens is 390 g/mol. The molecule has 0 unspecified atom stereocenters. The van der Waals surface area contributed by atoms with Crippen LogP contribution in [0, 0.1) is 0 Å². The molecule has 0 saturated carbocycles. The zero-order valence-electron chi connectivity index (χ0n) is 17.7. The quantitative estimate of drug-likeness (QED) is 0.433. The van der Waals surface area contributed by atoms with Crippen LogP contribution in [0.5, 0.6) is 0 Å². The smallest absolute Gasteiger partial charge is 0.227 e. The van der Waals surface area contributed by atoms with Crippen molar-refractivity contribution in [2.24, 2.45) is 0 Å². The van der Waals surface area contributed by atoms with Gasteiger partial charge in [0.15, 0.2) is 0 Å². The van der Waals surface area contributed by atoms with Crippen molar-refractivity contribution in [1.82, 2.24) is 24.8 Å². The van der Waals surface area contributed by atoms with E-state index in [1.807, 2.05) is 48.7 Å². The van der Waals surface area contributed by atoms with Gasteiger partial charge in [0.05, 0.1) is 11.9 Å². The largest absolute Gasteiger partial charge is 0.341 e. The number of carbonyl (C=O) groups is 1. The first-order valence-corrected chi connectivity index (χ1v) is 10.4. The van der Waals surface area contributed by atoms with E-state index in [2.05, 4.69) is 34.3 Å². The number of hydrogen-bond acceptors (Lipinski definition) is 5. The van der Waals surface area contributed by atoms with Crippen LogP contribution < -0.4 is 0 Å². The van der Waals surface area contributed by atoms with Crippen LogP contribution in [0.15, 0.2) is 71.5 Å². The molecule has 0 atom stereocenters. The van der Waals surface area contributed by atoms with Gasteiger partial charge in [-0.2, -0.15) is 10.1 Å². The van der Waals surface area contributed by atoms with Crippen LogP contribution in [0.4, 0.5) is 0 Å². The molecule has 1 amide bonds. The molecule has 0 saturated heterocycles. The fourth-order valence-electron chi connectivity index (χ4n) is 3.29. The van der Waals surface area contributed by atoms with Crippen LogP contribution in [-0.2, 0) is 24.2 Å². The predicted octanol–water partition coefficient (Wildman–Crippen LogP) is 4.08. The zero-order valence-corrected chi connectivity index (χ0v) is 17.7. The summed E-state index contributed by atoms with van der Waals surface area (Å²) in [6.07, 6.45) is 5.42. The fourth-order valence-corrected chi connectivity index (χ4v) is 3.29. The molecule has 4 aromatic rings. The molecule has 2 heterocycles. The number of carbonyl (C=O) groups excluding carboxylic acids is 1. The molecule has 2 aromatic carbocycles. The van der Waals surface area contributed by atoms with Gasteiger partial charge in [0.2, 0.25) is 17.6 Å². The highest BCUT2D eigenvalue weighted by Crippen LogP contribution is 2.17. The molecule has 7 heteroatoms. The number of rotatable bonds is 8. The highest BCUT2D eigenvalue weighted by atomic mass is 16.5. The van der Waals surface area contributed by atoms with Crippen molar-refractivity contribution in [3.8, 4) is 17.1 Å². The van der Waals surface area contributed by atoms with Crippen LogP contribution in [0.25, 0.3) is 17.1 Å². The third-order valence-corrected chi connectivity index (χ3v) is 5.14. The molecule has 0 spiro atoms. The van der Waals surface area contributed by atoms with Gasteiger partial charge in [0, 0.05) is 43.8 Å². The number of hydrogen-bond donors (Lipinski definition) is 0. The van der Waals surface area contributed by atoms with Gasteiger partial charge in [-0.15, -0.1) is 0 Å². The van der Waals surface area contributed by atoms with Gasteiger partial charge in [-0.25, -0.2) is 4.68 Å². The summed E-state index contributed by atoms with van der Waals surface area (Å²) >= 11 is 0. The number of amides is 1. The molecule has 158 valence electrons. The average Bonchev–Trinajstić information content (AvgIpc) is 3.48. The highest BCUT2D eigenvalue weighted by molar-refractivity contribution is 5.76. The van der Waals surface area contributed by atoms with Gasteiger partial charge in [0.25, 0.3) is 0 Å². The molecule has 0 N–H and O–H groups in total. The van der Waals surface area contributed by atoms with E-state index >= 15 is 0 Å². The maximum absolute atomic E-state index is 12.6. The minimum Gasteiger partial charge on any atom is -0.341 e. The van der Waals surface area contributed by atoms with Crippen molar-refractivity contribution in [3.63, 3.8) is 0 Å². The van der Waals surface area contributed by atoms with Crippen molar-refractivity contribution in [3.05, 3.63) is 84.0 Å². The van der Waals surface area contributed by atoms with Gasteiger partial charge in [-0.1, -0.05) is 54.5 Å². The Hall–Kier alpha value is -3.74. The fraction of sp³-hybridized carbons (Fsp3) is 0.250. The molecular formula is C24H25N5O2. The minimum atomic E-state index is 0.0134. The Morgan fingerprint density at radius 1 is 1.06 bits per heavy atom. The Balaban J connectivity index is 1.30. The Morgan fingerprint density at radius 3 is 2.58 bits per heavy atom. The lowest BCUT2D eigenvalue weighted by Gasteiger charge is -2.15. The number of para-hydroxylation sites is 1. The summed E-state index contributed by atoms with van der Waals surface area (Å²) in [4.78, 5) is 18.7. The van der Waals surface area contributed by atoms with E-state index in [1.54, 1.807) is 22.8 Å². The standard InChI is InChI=1S/C24H25N5O2/c1-3-18-9-11-20(12-10-18)24-26-22(31-27-24)13-14-23(30)28(2)16-19-15-25-29(17-19)21-7-5-4-6-8-21/h4-12,15,17H,3,13-14,16H2,1-2H3. The number of nitrogens with zero attached hydrogens (tertiary/aromatic N) is 5. The Kier molecular flexibility index (Phi) is 6.21. The average molecular weight is 415 g/mol. The number of aromatic nitrogens is 4. The van der Waals surface area contributed by atoms with E-state index in [9.17, 15) is 4.79 Å². The van der Waals surface area contributed by atoms with Crippen LogP contribution in [0.3, 0.4) is 0 Å². The maximum atomic E-state index is 12.6. The van der Waals surface area contributed by atoms with E-state index in [-0.39, 0.29) is 5.91 Å². The van der Waals surface area contributed by atoms with E-state index in [0.717, 1.165) is 23.2 Å². The highest BCUT2D eigenvalue weighted by Gasteiger charge is 2.14. The lowest BCUT2D eigenvalue weighted by molar-refractivity contribution is -0.130. The Labute approximate surface area is 181 Å². The summed E-state index contributed by atoms with van der Waals surface area (Å²) in [5.74, 6) is 1.03. The lowest BCUT2D eigenvalue weighted by Crippen LogP contribution is -2.26. The summed E-state index contributed by atoms with van der Waals surface area (Å²) in [7, 11) is 1.79. The van der Waals surface area contributed by atoms with Crippen LogP contribution >= 0.6 is 0 Å². The summed E-state index contributed by atoms with van der Waals surface area (Å²) in [6.45, 7) is 2.61. The second kappa shape index (κ2) is 9.38. The summed E-state index contributed by atoms with van der Waals surface area (Å²) in [5, 5.41) is 8.42. The first kappa shape index (κ1) is 20.5. The van der Waals surface area contributed by atoms with Crippen LogP contribution in [0.1, 0.15) is 30.4 Å². The lowest BCUT2D eigenvalue weighted by atomic mass is 10.1. The topological polar surface area (TPSA) is 77.0 Å². The Bertz CT molecular complexity index is 1130. The van der Waals surface area contributed by atoms with Crippen molar-refractivity contribution < 1.29 is 9.32 Å². The first-order chi connectivity index (χ1) is 15.1. The third-order valence-electron chi connectivity index (χ3n) is 5.14. The summed E-state index contributed by atoms with van der Waals surface area (Å²) in [5.41, 5.74) is 4.12. The van der Waals surface area contributed by atoms with Gasteiger partial charge >= 0.3 is 0 Å². The molecule has 7 nitrogen and oxygen atoms in total. The minimum absolute atomic E-state index is 0.0134. The molecule has 0 aliphatic carbocycles. The third kappa shape index (κ3) is 5.06. The first-order valence-electron chi connectivity index (χ1n) is 10.4.